The smallest absolute Gasteiger partial charge is 0.338 e. The monoisotopic (exact) mass is 412 g/mol. The molecule has 1 aliphatic carbocycles. The standard InChI is InChI=1S/C21H20N2O5S/c1-3-26-20(24)12-8-13(21(25)27-4-2)10-14(9-12)28-18-17-15-6-5-7-16(15)29-19(17)23-11-22-18/h8-11H,3-7H2,1-2H3. The largest absolute Gasteiger partial charge is 0.462 e. The van der Waals surface area contributed by atoms with E-state index in [4.69, 9.17) is 14.2 Å². The summed E-state index contributed by atoms with van der Waals surface area (Å²) in [4.78, 5) is 35.4. The second-order valence-corrected chi connectivity index (χ2v) is 7.59. The normalized spacial score (nSPS) is 12.6. The van der Waals surface area contributed by atoms with Crippen molar-refractivity contribution in [1.29, 1.82) is 0 Å². The minimum absolute atomic E-state index is 0.216. The van der Waals surface area contributed by atoms with Gasteiger partial charge < -0.3 is 14.2 Å². The van der Waals surface area contributed by atoms with Gasteiger partial charge >= 0.3 is 11.9 Å². The summed E-state index contributed by atoms with van der Waals surface area (Å²) in [6.07, 6.45) is 4.58. The maximum Gasteiger partial charge on any atom is 0.338 e. The Morgan fingerprint density at radius 3 is 2.34 bits per heavy atom. The Bertz CT molecular complexity index is 1060. The number of aryl methyl sites for hydroxylation is 2. The summed E-state index contributed by atoms with van der Waals surface area (Å²) in [5.41, 5.74) is 1.66. The molecule has 0 fully saturated rings. The number of nitrogens with zero attached hydrogens (tertiary/aromatic N) is 2. The van der Waals surface area contributed by atoms with Crippen molar-refractivity contribution < 1.29 is 23.8 Å². The quantitative estimate of drug-likeness (QED) is 0.557. The van der Waals surface area contributed by atoms with Crippen molar-refractivity contribution in [2.45, 2.75) is 33.1 Å². The van der Waals surface area contributed by atoms with Crippen LogP contribution in [0.15, 0.2) is 24.5 Å². The zero-order chi connectivity index (χ0) is 20.4. The van der Waals surface area contributed by atoms with E-state index in [9.17, 15) is 9.59 Å². The van der Waals surface area contributed by atoms with Gasteiger partial charge in [-0.15, -0.1) is 11.3 Å². The SMILES string of the molecule is CCOC(=O)c1cc(Oc2ncnc3sc4c(c23)CCC4)cc(C(=O)OCC)c1. The number of benzene rings is 1. The van der Waals surface area contributed by atoms with E-state index in [1.807, 2.05) is 0 Å². The average Bonchev–Trinajstić information content (AvgIpc) is 3.29. The van der Waals surface area contributed by atoms with E-state index in [1.54, 1.807) is 37.3 Å². The minimum Gasteiger partial charge on any atom is -0.462 e. The summed E-state index contributed by atoms with van der Waals surface area (Å²) in [5, 5.41) is 0.907. The molecule has 2 heterocycles. The van der Waals surface area contributed by atoms with E-state index in [1.165, 1.54) is 22.8 Å². The molecule has 4 rings (SSSR count). The Labute approximate surface area is 171 Å². The van der Waals surface area contributed by atoms with Gasteiger partial charge in [-0.1, -0.05) is 0 Å². The molecular weight excluding hydrogens is 392 g/mol. The fraction of sp³-hybridized carbons (Fsp3) is 0.333. The maximum atomic E-state index is 12.3. The third kappa shape index (κ3) is 3.80. The number of rotatable bonds is 6. The molecule has 150 valence electrons. The molecule has 0 radical (unpaired) electrons. The molecule has 0 N–H and O–H groups in total. The lowest BCUT2D eigenvalue weighted by Gasteiger charge is -2.11. The number of fused-ring (bicyclic) bond motifs is 3. The highest BCUT2D eigenvalue weighted by atomic mass is 32.1. The van der Waals surface area contributed by atoms with Crippen LogP contribution in [0, 0.1) is 0 Å². The number of ether oxygens (including phenoxy) is 3. The molecule has 3 aromatic rings. The molecule has 0 amide bonds. The van der Waals surface area contributed by atoms with Gasteiger partial charge in [0, 0.05) is 4.88 Å². The maximum absolute atomic E-state index is 12.3. The molecule has 1 aromatic carbocycles. The lowest BCUT2D eigenvalue weighted by Crippen LogP contribution is -2.09. The molecule has 0 aliphatic heterocycles. The average molecular weight is 412 g/mol. The predicted molar refractivity (Wildman–Crippen MR) is 108 cm³/mol. The molecule has 1 aliphatic rings. The summed E-state index contributed by atoms with van der Waals surface area (Å²) < 4.78 is 16.2. The first-order valence-electron chi connectivity index (χ1n) is 9.53. The van der Waals surface area contributed by atoms with Gasteiger partial charge in [0.05, 0.1) is 29.7 Å². The molecule has 0 atom stereocenters. The topological polar surface area (TPSA) is 87.6 Å². The van der Waals surface area contributed by atoms with Crippen LogP contribution in [0.3, 0.4) is 0 Å². The van der Waals surface area contributed by atoms with Crippen molar-refractivity contribution >= 4 is 33.5 Å². The first kappa shape index (κ1) is 19.3. The highest BCUT2D eigenvalue weighted by Crippen LogP contribution is 2.41. The summed E-state index contributed by atoms with van der Waals surface area (Å²) in [5.74, 6) is -0.331. The van der Waals surface area contributed by atoms with Gasteiger partial charge in [0.1, 0.15) is 16.9 Å². The number of aromatic nitrogens is 2. The van der Waals surface area contributed by atoms with Crippen LogP contribution in [0.5, 0.6) is 11.6 Å². The highest BCUT2D eigenvalue weighted by molar-refractivity contribution is 7.18. The number of hydrogen-bond acceptors (Lipinski definition) is 8. The Morgan fingerprint density at radius 2 is 1.69 bits per heavy atom. The van der Waals surface area contributed by atoms with Crippen LogP contribution in [0.2, 0.25) is 0 Å². The predicted octanol–water partition coefficient (Wildman–Crippen LogP) is 4.33. The van der Waals surface area contributed by atoms with E-state index >= 15 is 0 Å². The summed E-state index contributed by atoms with van der Waals surface area (Å²) in [7, 11) is 0. The van der Waals surface area contributed by atoms with Crippen molar-refractivity contribution in [3.8, 4) is 11.6 Å². The van der Waals surface area contributed by atoms with Gasteiger partial charge in [-0.05, 0) is 56.9 Å². The second kappa shape index (κ2) is 8.16. The lowest BCUT2D eigenvalue weighted by molar-refractivity contribution is 0.0524. The molecule has 0 spiro atoms. The van der Waals surface area contributed by atoms with Crippen molar-refractivity contribution in [3.63, 3.8) is 0 Å². The molecule has 29 heavy (non-hydrogen) atoms. The van der Waals surface area contributed by atoms with Crippen LogP contribution in [0.25, 0.3) is 10.2 Å². The lowest BCUT2D eigenvalue weighted by atomic mass is 10.1. The fourth-order valence-electron chi connectivity index (χ4n) is 3.41. The number of esters is 2. The second-order valence-electron chi connectivity index (χ2n) is 6.51. The molecule has 0 saturated heterocycles. The van der Waals surface area contributed by atoms with Gasteiger partial charge in [0.25, 0.3) is 0 Å². The Balaban J connectivity index is 1.76. The molecular formula is C21H20N2O5S. The Hall–Kier alpha value is -3.00. The third-order valence-electron chi connectivity index (χ3n) is 4.61. The zero-order valence-corrected chi connectivity index (χ0v) is 17.0. The van der Waals surface area contributed by atoms with Crippen LogP contribution in [0.1, 0.15) is 51.4 Å². The summed E-state index contributed by atoms with van der Waals surface area (Å²) in [6.45, 7) is 3.90. The first-order chi connectivity index (χ1) is 14.1. The van der Waals surface area contributed by atoms with Gasteiger partial charge in [0.2, 0.25) is 5.88 Å². The van der Waals surface area contributed by atoms with E-state index in [0.29, 0.717) is 11.6 Å². The molecule has 2 aromatic heterocycles. The number of carbonyl (C=O) groups excluding carboxylic acids is 2. The Kier molecular flexibility index (Phi) is 5.44. The molecule has 0 saturated carbocycles. The number of carbonyl (C=O) groups is 2. The van der Waals surface area contributed by atoms with Crippen molar-refractivity contribution in [2.75, 3.05) is 13.2 Å². The number of thiophene rings is 1. The van der Waals surface area contributed by atoms with E-state index in [-0.39, 0.29) is 24.3 Å². The van der Waals surface area contributed by atoms with Crippen molar-refractivity contribution in [1.82, 2.24) is 9.97 Å². The number of hydrogen-bond donors (Lipinski definition) is 0. The zero-order valence-electron chi connectivity index (χ0n) is 16.2. The summed E-state index contributed by atoms with van der Waals surface area (Å²) in [6, 6.07) is 4.53. The molecule has 7 nitrogen and oxygen atoms in total. The molecule has 0 bridgehead atoms. The molecule has 0 unspecified atom stereocenters. The van der Waals surface area contributed by atoms with Gasteiger partial charge in [-0.2, -0.15) is 0 Å². The fourth-order valence-corrected chi connectivity index (χ4v) is 4.63. The van der Waals surface area contributed by atoms with Crippen LogP contribution in [0.4, 0.5) is 0 Å². The first-order valence-corrected chi connectivity index (χ1v) is 10.3. The minimum atomic E-state index is -0.534. The van der Waals surface area contributed by atoms with Crippen molar-refractivity contribution in [3.05, 3.63) is 46.1 Å². The third-order valence-corrected chi connectivity index (χ3v) is 5.81. The van der Waals surface area contributed by atoms with E-state index < -0.39 is 11.9 Å². The highest BCUT2D eigenvalue weighted by Gasteiger charge is 2.23. The van der Waals surface area contributed by atoms with Gasteiger partial charge in [-0.25, -0.2) is 19.6 Å². The van der Waals surface area contributed by atoms with Gasteiger partial charge in [-0.3, -0.25) is 0 Å². The van der Waals surface area contributed by atoms with Crippen LogP contribution >= 0.6 is 11.3 Å². The van der Waals surface area contributed by atoms with E-state index in [2.05, 4.69) is 9.97 Å². The van der Waals surface area contributed by atoms with Crippen molar-refractivity contribution in [2.24, 2.45) is 0 Å². The van der Waals surface area contributed by atoms with E-state index in [0.717, 1.165) is 29.5 Å². The Morgan fingerprint density at radius 1 is 1.00 bits per heavy atom. The molecule has 8 heteroatoms. The van der Waals surface area contributed by atoms with Crippen LogP contribution < -0.4 is 4.74 Å². The summed E-state index contributed by atoms with van der Waals surface area (Å²) >= 11 is 1.66. The van der Waals surface area contributed by atoms with Gasteiger partial charge in [0.15, 0.2) is 0 Å². The van der Waals surface area contributed by atoms with Crippen LogP contribution in [-0.2, 0) is 22.3 Å². The van der Waals surface area contributed by atoms with Crippen LogP contribution in [-0.4, -0.2) is 35.1 Å².